The fourth-order valence-corrected chi connectivity index (χ4v) is 4.22. The van der Waals surface area contributed by atoms with Gasteiger partial charge in [-0.2, -0.15) is 0 Å². The molecule has 0 aromatic carbocycles. The van der Waals surface area contributed by atoms with E-state index in [0.29, 0.717) is 0 Å². The first-order valence-electron chi connectivity index (χ1n) is 10.5. The van der Waals surface area contributed by atoms with Crippen LogP contribution in [-0.4, -0.2) is 0 Å². The molecule has 0 heteroatoms. The van der Waals surface area contributed by atoms with E-state index in [1.807, 2.05) is 0 Å². The fraction of sp³-hybridized carbons (Fsp3) is 1.00. The minimum absolute atomic E-state index is 0.766. The third kappa shape index (κ3) is 6.63. The van der Waals surface area contributed by atoms with Gasteiger partial charge >= 0.3 is 0 Å². The average Bonchev–Trinajstić information content (AvgIpc) is 3.30. The molecule has 0 nitrogen and oxygen atoms in total. The van der Waals surface area contributed by atoms with E-state index in [4.69, 9.17) is 0 Å². The normalized spacial score (nSPS) is 22.1. The van der Waals surface area contributed by atoms with Gasteiger partial charge in [0.25, 0.3) is 0 Å². The second kappa shape index (κ2) is 9.99. The molecule has 0 radical (unpaired) electrons. The Balaban J connectivity index is 2.57. The van der Waals surface area contributed by atoms with Crippen LogP contribution in [0.3, 0.4) is 0 Å². The van der Waals surface area contributed by atoms with Crippen molar-refractivity contribution in [2.24, 2.45) is 29.1 Å². The second-order valence-corrected chi connectivity index (χ2v) is 8.70. The Bertz CT molecular complexity index is 276. The van der Waals surface area contributed by atoms with Crippen molar-refractivity contribution in [3.8, 4) is 0 Å². The lowest BCUT2D eigenvalue weighted by molar-refractivity contribution is 0.197. The Morgan fingerprint density at radius 2 is 1.55 bits per heavy atom. The molecule has 0 heterocycles. The first-order valence-corrected chi connectivity index (χ1v) is 10.5. The Hall–Kier alpha value is 0. The van der Waals surface area contributed by atoms with Gasteiger partial charge in [-0.15, -0.1) is 0 Å². The van der Waals surface area contributed by atoms with Crippen molar-refractivity contribution in [2.75, 3.05) is 0 Å². The maximum atomic E-state index is 2.52. The zero-order valence-electron chi connectivity index (χ0n) is 16.6. The van der Waals surface area contributed by atoms with Gasteiger partial charge in [0, 0.05) is 0 Å². The fourth-order valence-electron chi connectivity index (χ4n) is 4.22. The Morgan fingerprint density at radius 3 is 2.00 bits per heavy atom. The third-order valence-electron chi connectivity index (χ3n) is 6.88. The van der Waals surface area contributed by atoms with Gasteiger partial charge in [0.15, 0.2) is 0 Å². The van der Waals surface area contributed by atoms with Crippen molar-refractivity contribution in [3.05, 3.63) is 0 Å². The summed E-state index contributed by atoms with van der Waals surface area (Å²) in [5.74, 6) is 3.82. The lowest BCUT2D eigenvalue weighted by Gasteiger charge is -2.31. The summed E-state index contributed by atoms with van der Waals surface area (Å²) in [6, 6.07) is 0. The van der Waals surface area contributed by atoms with Gasteiger partial charge in [-0.25, -0.2) is 0 Å². The highest BCUT2D eigenvalue weighted by atomic mass is 14.5. The highest BCUT2D eigenvalue weighted by Crippen LogP contribution is 2.56. The van der Waals surface area contributed by atoms with Gasteiger partial charge in [0.2, 0.25) is 0 Å². The van der Waals surface area contributed by atoms with Crippen molar-refractivity contribution < 1.29 is 0 Å². The lowest BCUT2D eigenvalue weighted by Crippen LogP contribution is -2.20. The Kier molecular flexibility index (Phi) is 9.10. The number of rotatable bonds is 13. The molecule has 4 unspecified atom stereocenters. The molecule has 22 heavy (non-hydrogen) atoms. The molecule has 0 aromatic rings. The van der Waals surface area contributed by atoms with Crippen molar-refractivity contribution >= 4 is 0 Å². The van der Waals surface area contributed by atoms with E-state index < -0.39 is 0 Å². The van der Waals surface area contributed by atoms with Crippen LogP contribution in [-0.2, 0) is 0 Å². The highest BCUT2D eigenvalue weighted by Gasteiger charge is 2.44. The smallest absolute Gasteiger partial charge is 0.0294 e. The van der Waals surface area contributed by atoms with Crippen LogP contribution in [0.2, 0.25) is 0 Å². The van der Waals surface area contributed by atoms with Gasteiger partial charge < -0.3 is 0 Å². The van der Waals surface area contributed by atoms with Crippen LogP contribution in [0.1, 0.15) is 112 Å². The maximum absolute atomic E-state index is 2.52. The van der Waals surface area contributed by atoms with E-state index in [9.17, 15) is 0 Å². The summed E-state index contributed by atoms with van der Waals surface area (Å²) >= 11 is 0. The van der Waals surface area contributed by atoms with Gasteiger partial charge in [-0.1, -0.05) is 80.1 Å². The van der Waals surface area contributed by atoms with Gasteiger partial charge in [-0.05, 0) is 61.2 Å². The first kappa shape index (κ1) is 20.0. The zero-order valence-corrected chi connectivity index (χ0v) is 16.6. The summed E-state index contributed by atoms with van der Waals surface area (Å²) < 4.78 is 0. The van der Waals surface area contributed by atoms with Crippen LogP contribution < -0.4 is 0 Å². The number of hydrogen-bond acceptors (Lipinski definition) is 0. The summed E-state index contributed by atoms with van der Waals surface area (Å²) in [7, 11) is 0. The third-order valence-corrected chi connectivity index (χ3v) is 6.88. The molecule has 0 saturated heterocycles. The summed E-state index contributed by atoms with van der Waals surface area (Å²) in [4.78, 5) is 0. The standard InChI is InChI=1S/C22H44/c1-7-11-20(10-4)16-21(19(6)9-3)17-22(14-15-22)13-12-18(5)8-2/h18-21H,7-17H2,1-6H3. The van der Waals surface area contributed by atoms with Crippen molar-refractivity contribution in [1.29, 1.82) is 0 Å². The Labute approximate surface area is 141 Å². The van der Waals surface area contributed by atoms with Crippen LogP contribution in [0.4, 0.5) is 0 Å². The Morgan fingerprint density at radius 1 is 0.864 bits per heavy atom. The molecule has 0 spiro atoms. The van der Waals surface area contributed by atoms with E-state index in [0.717, 1.165) is 29.1 Å². The molecule has 0 amide bonds. The molecule has 1 aliphatic carbocycles. The lowest BCUT2D eigenvalue weighted by atomic mass is 9.74. The molecule has 0 N–H and O–H groups in total. The summed E-state index contributed by atoms with van der Waals surface area (Å²) in [6.45, 7) is 14.5. The number of hydrogen-bond donors (Lipinski definition) is 0. The van der Waals surface area contributed by atoms with Gasteiger partial charge in [0.1, 0.15) is 0 Å². The van der Waals surface area contributed by atoms with Gasteiger partial charge in [0.05, 0.1) is 0 Å². The van der Waals surface area contributed by atoms with Crippen molar-refractivity contribution in [2.45, 2.75) is 112 Å². The predicted molar refractivity (Wildman–Crippen MR) is 101 cm³/mol. The second-order valence-electron chi connectivity index (χ2n) is 8.70. The van der Waals surface area contributed by atoms with Crippen LogP contribution in [0, 0.1) is 29.1 Å². The first-order chi connectivity index (χ1) is 10.5. The molecular formula is C22H44. The predicted octanol–water partition coefficient (Wildman–Crippen LogP) is 7.86. The van der Waals surface area contributed by atoms with Crippen LogP contribution >= 0.6 is 0 Å². The average molecular weight is 309 g/mol. The maximum Gasteiger partial charge on any atom is -0.0294 e. The molecule has 0 bridgehead atoms. The molecule has 132 valence electrons. The molecular weight excluding hydrogens is 264 g/mol. The van der Waals surface area contributed by atoms with Crippen LogP contribution in [0.5, 0.6) is 0 Å². The summed E-state index contributed by atoms with van der Waals surface area (Å²) in [6.07, 6.45) is 16.0. The largest absolute Gasteiger partial charge is 0.0654 e. The molecule has 1 fully saturated rings. The van der Waals surface area contributed by atoms with E-state index in [1.165, 1.54) is 64.2 Å². The van der Waals surface area contributed by atoms with Crippen LogP contribution in [0.15, 0.2) is 0 Å². The SMILES string of the molecule is CCCC(CC)CC(CC1(CCC(C)CC)CC1)C(C)CC. The zero-order chi connectivity index (χ0) is 16.6. The van der Waals surface area contributed by atoms with E-state index in [1.54, 1.807) is 6.42 Å². The van der Waals surface area contributed by atoms with Crippen molar-refractivity contribution in [3.63, 3.8) is 0 Å². The molecule has 0 aromatic heterocycles. The molecule has 4 atom stereocenters. The molecule has 1 aliphatic rings. The molecule has 1 saturated carbocycles. The van der Waals surface area contributed by atoms with Crippen LogP contribution in [0.25, 0.3) is 0 Å². The van der Waals surface area contributed by atoms with E-state index in [-0.39, 0.29) is 0 Å². The quantitative estimate of drug-likeness (QED) is 0.325. The topological polar surface area (TPSA) is 0 Å². The van der Waals surface area contributed by atoms with Gasteiger partial charge in [-0.3, -0.25) is 0 Å². The van der Waals surface area contributed by atoms with Crippen molar-refractivity contribution in [1.82, 2.24) is 0 Å². The minimum atomic E-state index is 0.766. The molecule has 1 rings (SSSR count). The van der Waals surface area contributed by atoms with E-state index >= 15 is 0 Å². The van der Waals surface area contributed by atoms with E-state index in [2.05, 4.69) is 41.5 Å². The summed E-state index contributed by atoms with van der Waals surface area (Å²) in [5.41, 5.74) is 0.766. The minimum Gasteiger partial charge on any atom is -0.0654 e. The highest BCUT2D eigenvalue weighted by molar-refractivity contribution is 4.95. The molecule has 0 aliphatic heterocycles. The monoisotopic (exact) mass is 308 g/mol. The summed E-state index contributed by atoms with van der Waals surface area (Å²) in [5, 5.41) is 0.